The van der Waals surface area contributed by atoms with Gasteiger partial charge < -0.3 is 4.57 Å². The van der Waals surface area contributed by atoms with Crippen molar-refractivity contribution in [2.45, 2.75) is 37.9 Å². The molecule has 0 aliphatic rings. The summed E-state index contributed by atoms with van der Waals surface area (Å²) in [4.78, 5) is 12.6. The summed E-state index contributed by atoms with van der Waals surface area (Å²) in [5.41, 5.74) is 1.09. The molecule has 1 aromatic heterocycles. The smallest absolute Gasteiger partial charge is 0.315 e. The van der Waals surface area contributed by atoms with E-state index in [4.69, 9.17) is 11.6 Å². The van der Waals surface area contributed by atoms with E-state index >= 15 is 0 Å². The molecule has 2 rings (SSSR count). The van der Waals surface area contributed by atoms with Gasteiger partial charge >= 0.3 is 6.18 Å². The Labute approximate surface area is 159 Å². The van der Waals surface area contributed by atoms with Crippen molar-refractivity contribution >= 4 is 23.5 Å². The summed E-state index contributed by atoms with van der Waals surface area (Å²) < 4.78 is 44.2. The Morgan fingerprint density at radius 1 is 1.23 bits per heavy atom. The van der Waals surface area contributed by atoms with Crippen molar-refractivity contribution in [2.24, 2.45) is 7.05 Å². The quantitative estimate of drug-likeness (QED) is 0.633. The molecule has 0 fully saturated rings. The van der Waals surface area contributed by atoms with Gasteiger partial charge in [0.05, 0.1) is 0 Å². The number of hydrogen-bond acceptors (Lipinski definition) is 3. The molecule has 8 heteroatoms. The molecule has 3 nitrogen and oxygen atoms in total. The predicted octanol–water partition coefficient (Wildman–Crippen LogP) is 5.29. The molecular formula is C18H20ClF3N2OS. The van der Waals surface area contributed by atoms with Gasteiger partial charge in [-0.05, 0) is 49.6 Å². The van der Waals surface area contributed by atoms with Crippen LogP contribution in [0.15, 0.2) is 40.0 Å². The summed E-state index contributed by atoms with van der Waals surface area (Å²) in [7, 11) is 1.62. The Morgan fingerprint density at radius 3 is 2.31 bits per heavy atom. The van der Waals surface area contributed by atoms with Crippen LogP contribution >= 0.6 is 23.5 Å². The molecule has 1 aromatic carbocycles. The van der Waals surface area contributed by atoms with Crippen LogP contribution in [-0.2, 0) is 7.05 Å². The molecule has 26 heavy (non-hydrogen) atoms. The van der Waals surface area contributed by atoms with E-state index in [2.05, 4.69) is 0 Å². The van der Waals surface area contributed by atoms with E-state index in [0.29, 0.717) is 21.2 Å². The van der Waals surface area contributed by atoms with Crippen LogP contribution in [0.3, 0.4) is 0 Å². The standard InChI is InChI=1S/C18H20ClF3N2OS/c1-5-24(26-15-10-11(2)17(25)23(4)12(15)3)16(18(20,21)22)13-6-8-14(19)9-7-13/h6-10,16H,5H2,1-4H3. The molecule has 0 aliphatic carbocycles. The molecule has 1 unspecified atom stereocenters. The number of nitrogens with zero attached hydrogens (tertiary/aromatic N) is 2. The number of benzene rings is 1. The summed E-state index contributed by atoms with van der Waals surface area (Å²) in [5.74, 6) is 0. The van der Waals surface area contributed by atoms with Crippen LogP contribution in [0.1, 0.15) is 29.8 Å². The molecular weight excluding hydrogens is 385 g/mol. The van der Waals surface area contributed by atoms with E-state index in [-0.39, 0.29) is 17.7 Å². The largest absolute Gasteiger partial charge is 0.408 e. The van der Waals surface area contributed by atoms with E-state index < -0.39 is 12.2 Å². The second-order valence-corrected chi connectivity index (χ2v) is 7.49. The molecule has 0 amide bonds. The lowest BCUT2D eigenvalue weighted by Crippen LogP contribution is -2.34. The number of halogens is 4. The highest BCUT2D eigenvalue weighted by Gasteiger charge is 2.45. The topological polar surface area (TPSA) is 25.2 Å². The van der Waals surface area contributed by atoms with E-state index in [1.165, 1.54) is 33.1 Å². The number of hydrogen-bond donors (Lipinski definition) is 0. The molecule has 0 saturated heterocycles. The molecule has 1 atom stereocenters. The minimum absolute atomic E-state index is 0.121. The van der Waals surface area contributed by atoms with Crippen molar-refractivity contribution in [1.29, 1.82) is 0 Å². The average Bonchev–Trinajstić information content (AvgIpc) is 2.57. The van der Waals surface area contributed by atoms with Crippen LogP contribution in [0.2, 0.25) is 5.02 Å². The van der Waals surface area contributed by atoms with E-state index in [1.807, 2.05) is 0 Å². The second-order valence-electron chi connectivity index (χ2n) is 5.96. The maximum absolute atomic E-state index is 13.8. The molecule has 142 valence electrons. The normalized spacial score (nSPS) is 13.3. The Hall–Kier alpha value is -1.44. The first-order chi connectivity index (χ1) is 12.1. The van der Waals surface area contributed by atoms with Gasteiger partial charge in [0.25, 0.3) is 5.56 Å². The number of aryl methyl sites for hydroxylation is 1. The van der Waals surface area contributed by atoms with Gasteiger partial charge in [0.1, 0.15) is 6.04 Å². The van der Waals surface area contributed by atoms with Crippen LogP contribution < -0.4 is 5.56 Å². The Morgan fingerprint density at radius 2 is 1.81 bits per heavy atom. The van der Waals surface area contributed by atoms with Crippen molar-refractivity contribution in [3.8, 4) is 0 Å². The van der Waals surface area contributed by atoms with Gasteiger partial charge in [0.2, 0.25) is 0 Å². The maximum Gasteiger partial charge on any atom is 0.408 e. The van der Waals surface area contributed by atoms with E-state index in [9.17, 15) is 18.0 Å². The fourth-order valence-corrected chi connectivity index (χ4v) is 3.98. The highest BCUT2D eigenvalue weighted by Crippen LogP contribution is 2.43. The summed E-state index contributed by atoms with van der Waals surface area (Å²) in [5, 5.41) is 0.384. The highest BCUT2D eigenvalue weighted by atomic mass is 35.5. The second kappa shape index (κ2) is 8.06. The van der Waals surface area contributed by atoms with Gasteiger partial charge in [-0.25, -0.2) is 4.31 Å². The fourth-order valence-electron chi connectivity index (χ4n) is 2.63. The molecule has 0 N–H and O–H groups in total. The zero-order valence-corrected chi connectivity index (χ0v) is 16.5. The van der Waals surface area contributed by atoms with E-state index in [0.717, 1.165) is 11.9 Å². The molecule has 0 spiro atoms. The summed E-state index contributed by atoms with van der Waals surface area (Å²) >= 11 is 6.82. The van der Waals surface area contributed by atoms with Gasteiger partial charge in [-0.15, -0.1) is 0 Å². The van der Waals surface area contributed by atoms with Crippen molar-refractivity contribution < 1.29 is 13.2 Å². The highest BCUT2D eigenvalue weighted by molar-refractivity contribution is 7.97. The van der Waals surface area contributed by atoms with Crippen molar-refractivity contribution in [2.75, 3.05) is 6.54 Å². The van der Waals surface area contributed by atoms with Gasteiger partial charge in [-0.1, -0.05) is 30.7 Å². The summed E-state index contributed by atoms with van der Waals surface area (Å²) in [6.07, 6.45) is -4.46. The van der Waals surface area contributed by atoms with Gasteiger partial charge in [0.15, 0.2) is 0 Å². The van der Waals surface area contributed by atoms with Crippen LogP contribution in [0.25, 0.3) is 0 Å². The number of alkyl halides is 3. The minimum Gasteiger partial charge on any atom is -0.315 e. The Kier molecular flexibility index (Phi) is 6.47. The number of pyridine rings is 1. The van der Waals surface area contributed by atoms with Gasteiger partial charge in [-0.3, -0.25) is 4.79 Å². The first-order valence-electron chi connectivity index (χ1n) is 8.00. The fraction of sp³-hybridized carbons (Fsp3) is 0.389. The van der Waals surface area contributed by atoms with E-state index in [1.54, 1.807) is 33.9 Å². The van der Waals surface area contributed by atoms with Crippen molar-refractivity contribution in [3.05, 3.63) is 62.5 Å². The lowest BCUT2D eigenvalue weighted by molar-refractivity contribution is -0.172. The Balaban J connectivity index is 2.47. The first-order valence-corrected chi connectivity index (χ1v) is 9.15. The van der Waals surface area contributed by atoms with Gasteiger partial charge in [-0.2, -0.15) is 13.2 Å². The van der Waals surface area contributed by atoms with Crippen LogP contribution in [0, 0.1) is 13.8 Å². The number of aromatic nitrogens is 1. The van der Waals surface area contributed by atoms with Crippen molar-refractivity contribution in [1.82, 2.24) is 8.87 Å². The lowest BCUT2D eigenvalue weighted by Gasteiger charge is -2.32. The third kappa shape index (κ3) is 4.45. The third-order valence-corrected chi connectivity index (χ3v) is 5.73. The van der Waals surface area contributed by atoms with Gasteiger partial charge in [0, 0.05) is 34.8 Å². The van der Waals surface area contributed by atoms with Crippen LogP contribution in [0.4, 0.5) is 13.2 Å². The summed E-state index contributed by atoms with van der Waals surface area (Å²) in [6, 6.07) is 5.54. The zero-order valence-electron chi connectivity index (χ0n) is 14.9. The van der Waals surface area contributed by atoms with Crippen molar-refractivity contribution in [3.63, 3.8) is 0 Å². The van der Waals surface area contributed by atoms with Crippen LogP contribution in [-0.4, -0.2) is 21.6 Å². The Bertz CT molecular complexity index is 834. The predicted molar refractivity (Wildman–Crippen MR) is 99.6 cm³/mol. The molecule has 0 bridgehead atoms. The average molecular weight is 405 g/mol. The van der Waals surface area contributed by atoms with Crippen LogP contribution in [0.5, 0.6) is 0 Å². The molecule has 0 aliphatic heterocycles. The maximum atomic E-state index is 13.8. The molecule has 0 radical (unpaired) electrons. The first kappa shape index (κ1) is 20.9. The lowest BCUT2D eigenvalue weighted by atomic mass is 10.1. The SMILES string of the molecule is CCN(Sc1cc(C)c(=O)n(C)c1C)C(c1ccc(Cl)cc1)C(F)(F)F. The molecule has 0 saturated carbocycles. The monoisotopic (exact) mass is 404 g/mol. The minimum atomic E-state index is -4.46. The summed E-state index contributed by atoms with van der Waals surface area (Å²) in [6.45, 7) is 5.22. The third-order valence-electron chi connectivity index (χ3n) is 4.16. The zero-order chi connectivity index (χ0) is 19.6. The molecule has 1 heterocycles. The number of rotatable bonds is 5. The molecule has 2 aromatic rings.